The second-order valence-electron chi connectivity index (χ2n) is 4.69. The van der Waals surface area contributed by atoms with Crippen molar-refractivity contribution in [1.82, 2.24) is 15.1 Å². The van der Waals surface area contributed by atoms with E-state index in [-0.39, 0.29) is 6.04 Å². The van der Waals surface area contributed by atoms with Crippen molar-refractivity contribution in [2.24, 2.45) is 0 Å². The highest BCUT2D eigenvalue weighted by atomic mass is 16.2. The summed E-state index contributed by atoms with van der Waals surface area (Å²) in [5.41, 5.74) is 0. The summed E-state index contributed by atoms with van der Waals surface area (Å²) in [4.78, 5) is 16.4. The Kier molecular flexibility index (Phi) is 6.52. The number of likely N-dealkylation sites (N-methyl/N-ethyl adjacent to an activating group) is 1. The third kappa shape index (κ3) is 4.28. The lowest BCUT2D eigenvalue weighted by molar-refractivity contribution is -0.129. The Morgan fingerprint density at radius 3 is 2.65 bits per heavy atom. The molecule has 0 radical (unpaired) electrons. The first-order valence-corrected chi connectivity index (χ1v) is 6.97. The summed E-state index contributed by atoms with van der Waals surface area (Å²) in [6.45, 7) is 11.2. The van der Waals surface area contributed by atoms with Gasteiger partial charge in [-0.15, -0.1) is 0 Å². The van der Waals surface area contributed by atoms with Gasteiger partial charge in [-0.2, -0.15) is 0 Å². The van der Waals surface area contributed by atoms with Crippen LogP contribution in [0.25, 0.3) is 0 Å². The van der Waals surface area contributed by atoms with Crippen molar-refractivity contribution < 1.29 is 4.79 Å². The molecule has 0 saturated carbocycles. The summed E-state index contributed by atoms with van der Waals surface area (Å²) in [5.74, 6) is 0.297. The molecule has 1 rings (SSSR count). The summed E-state index contributed by atoms with van der Waals surface area (Å²) in [5, 5.41) is 3.31. The summed E-state index contributed by atoms with van der Waals surface area (Å²) in [6, 6.07) is 0.0756. The van der Waals surface area contributed by atoms with Gasteiger partial charge < -0.3 is 9.80 Å². The van der Waals surface area contributed by atoms with Crippen LogP contribution in [0, 0.1) is 0 Å². The highest BCUT2D eigenvalue weighted by Crippen LogP contribution is 2.10. The normalized spacial score (nSPS) is 20.6. The van der Waals surface area contributed by atoms with Gasteiger partial charge in [-0.05, 0) is 19.5 Å². The number of nitrogens with zero attached hydrogens (tertiary/aromatic N) is 2. The molecule has 1 N–H and O–H groups in total. The van der Waals surface area contributed by atoms with Crippen LogP contribution in [0.1, 0.15) is 40.0 Å². The Morgan fingerprint density at radius 1 is 1.35 bits per heavy atom. The predicted molar refractivity (Wildman–Crippen MR) is 70.8 cm³/mol. The molecule has 1 saturated heterocycles. The molecule has 4 nitrogen and oxygen atoms in total. The third-order valence-corrected chi connectivity index (χ3v) is 3.57. The van der Waals surface area contributed by atoms with E-state index in [0.717, 1.165) is 52.1 Å². The maximum Gasteiger partial charge on any atom is 0.240 e. The number of hydrogen-bond donors (Lipinski definition) is 1. The molecule has 1 unspecified atom stereocenters. The predicted octanol–water partition coefficient (Wildman–Crippen LogP) is 1.28. The number of amides is 1. The first-order valence-electron chi connectivity index (χ1n) is 6.97. The van der Waals surface area contributed by atoms with Crippen LogP contribution in [-0.2, 0) is 4.79 Å². The second kappa shape index (κ2) is 7.67. The molecule has 1 fully saturated rings. The fraction of sp³-hybridized carbons (Fsp3) is 0.923. The van der Waals surface area contributed by atoms with Gasteiger partial charge in [0.1, 0.15) is 0 Å². The molecule has 17 heavy (non-hydrogen) atoms. The van der Waals surface area contributed by atoms with Crippen LogP contribution in [0.15, 0.2) is 0 Å². The number of carbonyl (C=O) groups is 1. The van der Waals surface area contributed by atoms with E-state index in [1.165, 1.54) is 0 Å². The van der Waals surface area contributed by atoms with Gasteiger partial charge in [-0.3, -0.25) is 10.1 Å². The van der Waals surface area contributed by atoms with E-state index in [9.17, 15) is 4.79 Å². The van der Waals surface area contributed by atoms with Crippen LogP contribution in [-0.4, -0.2) is 54.6 Å². The zero-order valence-electron chi connectivity index (χ0n) is 11.5. The van der Waals surface area contributed by atoms with Gasteiger partial charge in [0, 0.05) is 13.1 Å². The quantitative estimate of drug-likeness (QED) is 0.695. The van der Waals surface area contributed by atoms with E-state index >= 15 is 0 Å². The van der Waals surface area contributed by atoms with Gasteiger partial charge in [0.25, 0.3) is 0 Å². The Hall–Kier alpha value is -0.610. The van der Waals surface area contributed by atoms with E-state index in [1.54, 1.807) is 0 Å². The third-order valence-electron chi connectivity index (χ3n) is 3.57. The van der Waals surface area contributed by atoms with Crippen LogP contribution in [0.3, 0.4) is 0 Å². The van der Waals surface area contributed by atoms with Crippen molar-refractivity contribution in [1.29, 1.82) is 0 Å². The fourth-order valence-electron chi connectivity index (χ4n) is 2.23. The van der Waals surface area contributed by atoms with Crippen LogP contribution < -0.4 is 5.32 Å². The minimum absolute atomic E-state index is 0.0756. The average molecular weight is 241 g/mol. The maximum atomic E-state index is 12.0. The largest absolute Gasteiger partial charge is 0.327 e. The van der Waals surface area contributed by atoms with E-state index in [2.05, 4.69) is 31.0 Å². The highest BCUT2D eigenvalue weighted by Gasteiger charge is 2.29. The number of nitrogens with one attached hydrogen (secondary N) is 1. The lowest BCUT2D eigenvalue weighted by Gasteiger charge is -2.22. The molecular weight excluding hydrogens is 214 g/mol. The first-order chi connectivity index (χ1) is 8.22. The highest BCUT2D eigenvalue weighted by molar-refractivity contribution is 5.83. The second-order valence-corrected chi connectivity index (χ2v) is 4.69. The molecule has 1 aliphatic rings. The van der Waals surface area contributed by atoms with Crippen molar-refractivity contribution in [2.75, 3.05) is 32.8 Å². The van der Waals surface area contributed by atoms with E-state index in [0.29, 0.717) is 5.91 Å². The van der Waals surface area contributed by atoms with Crippen molar-refractivity contribution in [2.45, 2.75) is 46.1 Å². The van der Waals surface area contributed by atoms with Gasteiger partial charge in [-0.1, -0.05) is 33.6 Å². The Morgan fingerprint density at radius 2 is 2.06 bits per heavy atom. The lowest BCUT2D eigenvalue weighted by atomic mass is 10.1. The Balaban J connectivity index is 2.29. The van der Waals surface area contributed by atoms with Crippen molar-refractivity contribution >= 4 is 5.91 Å². The van der Waals surface area contributed by atoms with Crippen LogP contribution in [0.4, 0.5) is 0 Å². The van der Waals surface area contributed by atoms with E-state index in [1.807, 2.05) is 4.90 Å². The van der Waals surface area contributed by atoms with Gasteiger partial charge in [0.2, 0.25) is 5.91 Å². The molecule has 4 heteroatoms. The first kappa shape index (κ1) is 14.5. The van der Waals surface area contributed by atoms with Gasteiger partial charge in [0.15, 0.2) is 0 Å². The van der Waals surface area contributed by atoms with Crippen molar-refractivity contribution in [3.63, 3.8) is 0 Å². The van der Waals surface area contributed by atoms with Crippen LogP contribution >= 0.6 is 0 Å². The SMILES string of the molecule is CCCCC1NCN(CCN(CC)CC)C1=O. The van der Waals surface area contributed by atoms with E-state index in [4.69, 9.17) is 0 Å². The van der Waals surface area contributed by atoms with Crippen molar-refractivity contribution in [3.05, 3.63) is 0 Å². The summed E-state index contributed by atoms with van der Waals surface area (Å²) in [6.07, 6.45) is 3.27. The van der Waals surface area contributed by atoms with Gasteiger partial charge in [0.05, 0.1) is 12.7 Å². The minimum atomic E-state index is 0.0756. The summed E-state index contributed by atoms with van der Waals surface area (Å²) >= 11 is 0. The molecule has 1 heterocycles. The van der Waals surface area contributed by atoms with Crippen LogP contribution in [0.5, 0.6) is 0 Å². The number of hydrogen-bond acceptors (Lipinski definition) is 3. The summed E-state index contributed by atoms with van der Waals surface area (Å²) < 4.78 is 0. The molecule has 1 aliphatic heterocycles. The average Bonchev–Trinajstić information content (AvgIpc) is 2.69. The van der Waals surface area contributed by atoms with Gasteiger partial charge >= 0.3 is 0 Å². The molecule has 0 bridgehead atoms. The summed E-state index contributed by atoms with van der Waals surface area (Å²) in [7, 11) is 0. The zero-order chi connectivity index (χ0) is 12.7. The zero-order valence-corrected chi connectivity index (χ0v) is 11.5. The molecule has 0 aromatic rings. The van der Waals surface area contributed by atoms with E-state index < -0.39 is 0 Å². The molecule has 1 atom stereocenters. The molecule has 1 amide bonds. The fourth-order valence-corrected chi connectivity index (χ4v) is 2.23. The molecule has 100 valence electrons. The monoisotopic (exact) mass is 241 g/mol. The molecular formula is C13H27N3O. The lowest BCUT2D eigenvalue weighted by Crippen LogP contribution is -2.37. The molecule has 0 spiro atoms. The molecule has 0 aromatic heterocycles. The van der Waals surface area contributed by atoms with Crippen LogP contribution in [0.2, 0.25) is 0 Å². The number of unbranched alkanes of at least 4 members (excludes halogenated alkanes) is 1. The number of rotatable bonds is 8. The van der Waals surface area contributed by atoms with Gasteiger partial charge in [-0.25, -0.2) is 0 Å². The topological polar surface area (TPSA) is 35.6 Å². The standard InChI is InChI=1S/C13H27N3O/c1-4-7-8-12-13(17)16(11-14-12)10-9-15(5-2)6-3/h12,14H,4-11H2,1-3H3. The molecule has 0 aliphatic carbocycles. The number of carbonyl (C=O) groups excluding carboxylic acids is 1. The Labute approximate surface area is 105 Å². The Bertz CT molecular complexity index is 229. The molecule has 0 aromatic carbocycles. The minimum Gasteiger partial charge on any atom is -0.327 e. The smallest absolute Gasteiger partial charge is 0.240 e. The van der Waals surface area contributed by atoms with Crippen molar-refractivity contribution in [3.8, 4) is 0 Å². The maximum absolute atomic E-state index is 12.0.